The summed E-state index contributed by atoms with van der Waals surface area (Å²) in [5.74, 6) is 0.814. The predicted octanol–water partition coefficient (Wildman–Crippen LogP) is 3.37. The Hall–Kier alpha value is -5.43. The van der Waals surface area contributed by atoms with Gasteiger partial charge >= 0.3 is 0 Å². The summed E-state index contributed by atoms with van der Waals surface area (Å²) in [5.41, 5.74) is -1.22. The maximum absolute atomic E-state index is 14.7. The smallest absolute Gasteiger partial charge is 0.272 e. The van der Waals surface area contributed by atoms with Crippen molar-refractivity contribution in [2.75, 3.05) is 6.54 Å². The number of rotatable bonds is 7. The summed E-state index contributed by atoms with van der Waals surface area (Å²) in [6, 6.07) is 6.82. The third-order valence-electron chi connectivity index (χ3n) is 10.4. The molecule has 2 aromatic carbocycles. The Morgan fingerprint density at radius 3 is 2.58 bits per heavy atom. The fourth-order valence-corrected chi connectivity index (χ4v) is 8.56. The van der Waals surface area contributed by atoms with Crippen molar-refractivity contribution in [3.8, 4) is 17.7 Å². The van der Waals surface area contributed by atoms with Crippen molar-refractivity contribution in [2.24, 2.45) is 5.92 Å². The van der Waals surface area contributed by atoms with Crippen LogP contribution < -0.4 is 20.1 Å². The molecular weight excluding hydrogens is 735 g/mol. The standard InChI is InChI=1S/C39H40F2N6O7S/c1-23-36(44-33-29(41)11-7-13-30(33)42-23)54-27-21-32-35(49)45-39(38(51)46-55(52,53)28-18-19-28)20-8-10-25(39)9-5-3-2-4-6-12-31(37(50)47(32)22-27)43-34(48)24-14-16-26(40)17-15-24/h5,7,9,11,13-17,25,27-28,31-32H,2-4,6,10,12,18-19,21-22H2,1H3,(H,43,48)(H,45,49)(H,46,51)/b9-5-/t25?,27-,31+,32+,39-/m1/s1. The Morgan fingerprint density at radius 2 is 1.82 bits per heavy atom. The van der Waals surface area contributed by atoms with Gasteiger partial charge in [-0.05, 0) is 75.4 Å². The molecule has 5 atom stereocenters. The van der Waals surface area contributed by atoms with E-state index in [1.165, 1.54) is 29.2 Å². The Labute approximate surface area is 316 Å². The number of fused-ring (bicyclic) bond motifs is 3. The quantitative estimate of drug-likeness (QED) is 0.240. The molecule has 1 saturated heterocycles. The summed E-state index contributed by atoms with van der Waals surface area (Å²) >= 11 is 0. The number of ether oxygens (including phenoxy) is 1. The molecule has 2 aliphatic heterocycles. The molecule has 2 fully saturated rings. The number of carbonyl (C=O) groups is 4. The highest BCUT2D eigenvalue weighted by Gasteiger charge is 2.52. The van der Waals surface area contributed by atoms with Crippen molar-refractivity contribution in [1.29, 1.82) is 0 Å². The summed E-state index contributed by atoms with van der Waals surface area (Å²) in [7, 11) is -4.03. The number of nitrogens with one attached hydrogen (secondary N) is 3. The summed E-state index contributed by atoms with van der Waals surface area (Å²) in [6.07, 6.45) is 6.34. The van der Waals surface area contributed by atoms with Gasteiger partial charge in [0.1, 0.15) is 35.2 Å². The molecule has 16 heteroatoms. The number of para-hydroxylation sites is 1. The van der Waals surface area contributed by atoms with E-state index in [1.807, 2.05) is 6.08 Å². The molecule has 0 spiro atoms. The molecule has 1 saturated carbocycles. The first-order chi connectivity index (χ1) is 26.3. The Balaban J connectivity index is 1.23. The third kappa shape index (κ3) is 8.02. The minimum atomic E-state index is -4.03. The van der Waals surface area contributed by atoms with E-state index in [0.717, 1.165) is 12.1 Å². The number of benzene rings is 2. The Bertz CT molecular complexity index is 2240. The Morgan fingerprint density at radius 1 is 1.04 bits per heavy atom. The van der Waals surface area contributed by atoms with Crippen LogP contribution in [0.2, 0.25) is 0 Å². The zero-order chi connectivity index (χ0) is 38.9. The van der Waals surface area contributed by atoms with E-state index in [9.17, 15) is 36.4 Å². The molecule has 2 aliphatic carbocycles. The topological polar surface area (TPSA) is 177 Å². The molecule has 288 valence electrons. The van der Waals surface area contributed by atoms with E-state index < -0.39 is 80.2 Å². The fraction of sp³-hybridized carbons (Fsp3) is 0.436. The fourth-order valence-electron chi connectivity index (χ4n) is 7.22. The van der Waals surface area contributed by atoms with Crippen LogP contribution in [0.5, 0.6) is 5.88 Å². The summed E-state index contributed by atoms with van der Waals surface area (Å²) < 4.78 is 62.7. The van der Waals surface area contributed by atoms with Gasteiger partial charge in [-0.3, -0.25) is 19.2 Å². The van der Waals surface area contributed by atoms with Crippen molar-refractivity contribution in [2.45, 2.75) is 93.7 Å². The third-order valence-corrected chi connectivity index (χ3v) is 12.2. The molecule has 0 bridgehead atoms. The first-order valence-corrected chi connectivity index (χ1v) is 19.9. The lowest BCUT2D eigenvalue weighted by atomic mass is 9.84. The van der Waals surface area contributed by atoms with Crippen molar-refractivity contribution in [3.05, 3.63) is 77.5 Å². The summed E-state index contributed by atoms with van der Waals surface area (Å²) in [6.45, 7) is 1.46. The van der Waals surface area contributed by atoms with E-state index in [4.69, 9.17) is 4.74 Å². The highest BCUT2D eigenvalue weighted by molar-refractivity contribution is 7.91. The van der Waals surface area contributed by atoms with Gasteiger partial charge < -0.3 is 20.3 Å². The molecule has 13 nitrogen and oxygen atoms in total. The average Bonchev–Trinajstić information content (AvgIpc) is 3.82. The number of hydrogen-bond acceptors (Lipinski definition) is 9. The van der Waals surface area contributed by atoms with E-state index in [2.05, 4.69) is 37.2 Å². The van der Waals surface area contributed by atoms with E-state index in [1.54, 1.807) is 19.1 Å². The molecule has 3 heterocycles. The first kappa shape index (κ1) is 37.9. The second kappa shape index (κ2) is 15.4. The lowest BCUT2D eigenvalue weighted by Crippen LogP contribution is -2.64. The number of amides is 4. The minimum Gasteiger partial charge on any atom is -0.471 e. The molecule has 1 unspecified atom stereocenters. The number of carbonyl (C=O) groups excluding carboxylic acids is 4. The number of aryl methyl sites for hydroxylation is 1. The van der Waals surface area contributed by atoms with Crippen LogP contribution in [0, 0.1) is 36.3 Å². The second-order valence-corrected chi connectivity index (χ2v) is 16.3. The van der Waals surface area contributed by atoms with E-state index in [0.29, 0.717) is 49.7 Å². The Kier molecular flexibility index (Phi) is 10.6. The van der Waals surface area contributed by atoms with Crippen molar-refractivity contribution < 1.29 is 41.1 Å². The molecule has 0 radical (unpaired) electrons. The van der Waals surface area contributed by atoms with Crippen LogP contribution in [0.25, 0.3) is 11.0 Å². The van der Waals surface area contributed by atoms with Crippen molar-refractivity contribution in [1.82, 2.24) is 30.2 Å². The van der Waals surface area contributed by atoms with Gasteiger partial charge in [-0.2, -0.15) is 0 Å². The molecule has 55 heavy (non-hydrogen) atoms. The van der Waals surface area contributed by atoms with Crippen LogP contribution >= 0.6 is 0 Å². The highest BCUT2D eigenvalue weighted by atomic mass is 32.2. The monoisotopic (exact) mass is 774 g/mol. The lowest BCUT2D eigenvalue weighted by molar-refractivity contribution is -0.141. The zero-order valence-electron chi connectivity index (χ0n) is 30.0. The molecule has 3 N–H and O–H groups in total. The molecule has 7 rings (SSSR count). The number of nitrogens with zero attached hydrogens (tertiary/aromatic N) is 3. The van der Waals surface area contributed by atoms with Crippen LogP contribution in [0.4, 0.5) is 8.78 Å². The summed E-state index contributed by atoms with van der Waals surface area (Å²) in [4.78, 5) is 66.5. The van der Waals surface area contributed by atoms with Gasteiger partial charge in [-0.25, -0.2) is 31.9 Å². The SMILES string of the molecule is Cc1nc2cccc(F)c2nc1O[C@@H]1C[C@H]2C(=O)N[C@]3(C(=O)NS(=O)(=O)C4CC4)C#CCC3/C=C\CCCCC[C@H](NC(=O)c3ccc(F)cc3)C(=O)N2C1. The number of sulfonamides is 1. The van der Waals surface area contributed by atoms with Gasteiger partial charge in [0.25, 0.3) is 11.8 Å². The van der Waals surface area contributed by atoms with Gasteiger partial charge in [-0.15, -0.1) is 0 Å². The van der Waals surface area contributed by atoms with Gasteiger partial charge in [0.05, 0.1) is 17.3 Å². The molecule has 4 aliphatic rings. The number of aromatic nitrogens is 2. The maximum atomic E-state index is 14.7. The normalized spacial score (nSPS) is 26.3. The van der Waals surface area contributed by atoms with Gasteiger partial charge in [0.15, 0.2) is 11.4 Å². The number of halogens is 2. The van der Waals surface area contributed by atoms with Crippen molar-refractivity contribution >= 4 is 44.7 Å². The second-order valence-electron chi connectivity index (χ2n) is 14.4. The van der Waals surface area contributed by atoms with Gasteiger partial charge in [-0.1, -0.05) is 42.9 Å². The summed E-state index contributed by atoms with van der Waals surface area (Å²) in [5, 5.41) is 4.82. The predicted molar refractivity (Wildman–Crippen MR) is 195 cm³/mol. The first-order valence-electron chi connectivity index (χ1n) is 18.4. The largest absolute Gasteiger partial charge is 0.471 e. The molecule has 4 amide bonds. The number of hydrogen-bond donors (Lipinski definition) is 3. The average molecular weight is 775 g/mol. The van der Waals surface area contributed by atoms with E-state index >= 15 is 0 Å². The van der Waals surface area contributed by atoms with Crippen molar-refractivity contribution in [3.63, 3.8) is 0 Å². The molecule has 1 aromatic heterocycles. The zero-order valence-corrected chi connectivity index (χ0v) is 30.8. The van der Waals surface area contributed by atoms with Crippen LogP contribution in [0.15, 0.2) is 54.6 Å². The van der Waals surface area contributed by atoms with Crippen LogP contribution in [0.3, 0.4) is 0 Å². The van der Waals surface area contributed by atoms with Gasteiger partial charge in [0.2, 0.25) is 27.7 Å². The number of allylic oxidation sites excluding steroid dienone is 1. The molecular formula is C39H40F2N6O7S. The lowest BCUT2D eigenvalue weighted by Gasteiger charge is -2.34. The van der Waals surface area contributed by atoms with Gasteiger partial charge in [0, 0.05) is 24.3 Å². The van der Waals surface area contributed by atoms with Crippen LogP contribution in [0.1, 0.15) is 73.8 Å². The highest BCUT2D eigenvalue weighted by Crippen LogP contribution is 2.33. The minimum absolute atomic E-state index is 0.00708. The molecule has 3 aromatic rings. The van der Waals surface area contributed by atoms with Crippen LogP contribution in [-0.4, -0.2) is 82.4 Å². The van der Waals surface area contributed by atoms with Crippen LogP contribution in [-0.2, 0) is 24.4 Å². The van der Waals surface area contributed by atoms with E-state index in [-0.39, 0.29) is 42.8 Å². The maximum Gasteiger partial charge on any atom is 0.272 e.